The summed E-state index contributed by atoms with van der Waals surface area (Å²) in [5.74, 6) is 1.92. The van der Waals surface area contributed by atoms with Crippen molar-refractivity contribution in [2.75, 3.05) is 12.0 Å². The van der Waals surface area contributed by atoms with Crippen LogP contribution in [0.25, 0.3) is 0 Å². The molecule has 1 aliphatic carbocycles. The fraction of sp³-hybridized carbons (Fsp3) is 0.500. The number of thioether (sulfide) groups is 1. The Morgan fingerprint density at radius 3 is 3.00 bits per heavy atom. The second kappa shape index (κ2) is 4.90. The molecule has 1 aliphatic rings. The first-order chi connectivity index (χ1) is 7.29. The van der Waals surface area contributed by atoms with Gasteiger partial charge in [-0.25, -0.2) is 0 Å². The first kappa shape index (κ1) is 10.8. The molecular formula is C12H17NOS. The lowest BCUT2D eigenvalue weighted by atomic mass is 10.1. The van der Waals surface area contributed by atoms with Gasteiger partial charge in [0.25, 0.3) is 0 Å². The van der Waals surface area contributed by atoms with Crippen LogP contribution in [0, 0.1) is 0 Å². The second-order valence-corrected chi connectivity index (χ2v) is 4.86. The van der Waals surface area contributed by atoms with Crippen molar-refractivity contribution < 1.29 is 4.74 Å². The molecule has 1 aromatic carbocycles. The van der Waals surface area contributed by atoms with Gasteiger partial charge in [-0.15, -0.1) is 0 Å². The minimum absolute atomic E-state index is 0.114. The van der Waals surface area contributed by atoms with Crippen LogP contribution in [-0.2, 0) is 0 Å². The summed E-state index contributed by atoms with van der Waals surface area (Å²) in [7, 11) is 0. The van der Waals surface area contributed by atoms with Gasteiger partial charge in [0, 0.05) is 11.8 Å². The van der Waals surface area contributed by atoms with Crippen molar-refractivity contribution in [3.63, 3.8) is 0 Å². The molecule has 2 nitrogen and oxygen atoms in total. The molecule has 1 atom stereocenters. The number of ether oxygens (including phenoxy) is 1. The van der Waals surface area contributed by atoms with Crippen LogP contribution < -0.4 is 10.5 Å². The molecule has 1 fully saturated rings. The summed E-state index contributed by atoms with van der Waals surface area (Å²) in [6, 6.07) is 8.28. The third-order valence-corrected chi connectivity index (χ3v) is 3.15. The van der Waals surface area contributed by atoms with Crippen molar-refractivity contribution in [3.05, 3.63) is 29.8 Å². The molecule has 0 heterocycles. The molecule has 0 radical (unpaired) electrons. The molecule has 3 heteroatoms. The van der Waals surface area contributed by atoms with Crippen molar-refractivity contribution in [2.24, 2.45) is 5.73 Å². The van der Waals surface area contributed by atoms with Crippen molar-refractivity contribution in [1.29, 1.82) is 0 Å². The standard InChI is InChI=1S/C12H17NOS/c1-15-8-12(13)9-3-2-4-11(7-9)14-10-5-6-10/h2-4,7,10,12H,5-6,8,13H2,1H3. The zero-order valence-corrected chi connectivity index (χ0v) is 9.80. The van der Waals surface area contributed by atoms with E-state index in [1.165, 1.54) is 18.4 Å². The average Bonchev–Trinajstić information content (AvgIpc) is 3.03. The summed E-state index contributed by atoms with van der Waals surface area (Å²) in [5.41, 5.74) is 7.21. The normalized spacial score (nSPS) is 17.5. The van der Waals surface area contributed by atoms with Crippen LogP contribution in [-0.4, -0.2) is 18.1 Å². The Morgan fingerprint density at radius 1 is 1.53 bits per heavy atom. The van der Waals surface area contributed by atoms with Crippen molar-refractivity contribution in [1.82, 2.24) is 0 Å². The molecule has 0 bridgehead atoms. The highest BCUT2D eigenvalue weighted by Crippen LogP contribution is 2.28. The van der Waals surface area contributed by atoms with Gasteiger partial charge in [0.1, 0.15) is 5.75 Å². The molecule has 82 valence electrons. The molecular weight excluding hydrogens is 206 g/mol. The number of hydrogen-bond acceptors (Lipinski definition) is 3. The maximum atomic E-state index is 6.04. The van der Waals surface area contributed by atoms with E-state index in [4.69, 9.17) is 10.5 Å². The summed E-state index contributed by atoms with van der Waals surface area (Å²) < 4.78 is 5.73. The summed E-state index contributed by atoms with van der Waals surface area (Å²) in [4.78, 5) is 0. The highest BCUT2D eigenvalue weighted by molar-refractivity contribution is 7.98. The Balaban J connectivity index is 2.03. The first-order valence-electron chi connectivity index (χ1n) is 5.30. The Morgan fingerprint density at radius 2 is 2.33 bits per heavy atom. The Bertz CT molecular complexity index is 325. The highest BCUT2D eigenvalue weighted by Gasteiger charge is 2.23. The van der Waals surface area contributed by atoms with Crippen LogP contribution in [0.3, 0.4) is 0 Å². The fourth-order valence-electron chi connectivity index (χ4n) is 1.47. The van der Waals surface area contributed by atoms with Crippen LogP contribution in [0.15, 0.2) is 24.3 Å². The van der Waals surface area contributed by atoms with Gasteiger partial charge in [-0.3, -0.25) is 0 Å². The van der Waals surface area contributed by atoms with Gasteiger partial charge in [-0.05, 0) is 36.8 Å². The van der Waals surface area contributed by atoms with Gasteiger partial charge in [-0.1, -0.05) is 12.1 Å². The molecule has 0 aliphatic heterocycles. The van der Waals surface area contributed by atoms with Crippen molar-refractivity contribution >= 4 is 11.8 Å². The number of hydrogen-bond donors (Lipinski definition) is 1. The summed E-state index contributed by atoms with van der Waals surface area (Å²) in [6.45, 7) is 0. The predicted octanol–water partition coefficient (Wildman–Crippen LogP) is 2.59. The Labute approximate surface area is 95.2 Å². The van der Waals surface area contributed by atoms with Gasteiger partial charge < -0.3 is 10.5 Å². The van der Waals surface area contributed by atoms with E-state index < -0.39 is 0 Å². The molecule has 0 aromatic heterocycles. The minimum Gasteiger partial charge on any atom is -0.490 e. The predicted molar refractivity (Wildman–Crippen MR) is 65.4 cm³/mol. The third kappa shape index (κ3) is 3.14. The molecule has 2 N–H and O–H groups in total. The van der Waals surface area contributed by atoms with Crippen molar-refractivity contribution in [3.8, 4) is 5.75 Å². The SMILES string of the molecule is CSCC(N)c1cccc(OC2CC2)c1. The second-order valence-electron chi connectivity index (χ2n) is 3.95. The maximum absolute atomic E-state index is 6.04. The van der Waals surface area contributed by atoms with E-state index in [1.807, 2.05) is 12.1 Å². The third-order valence-electron chi connectivity index (χ3n) is 2.46. The van der Waals surface area contributed by atoms with Gasteiger partial charge in [0.15, 0.2) is 0 Å². The van der Waals surface area contributed by atoms with Gasteiger partial charge in [0.05, 0.1) is 6.10 Å². The zero-order chi connectivity index (χ0) is 10.7. The van der Waals surface area contributed by atoms with Crippen LogP contribution in [0.1, 0.15) is 24.4 Å². The highest BCUT2D eigenvalue weighted by atomic mass is 32.2. The topological polar surface area (TPSA) is 35.2 Å². The molecule has 0 amide bonds. The van der Waals surface area contributed by atoms with E-state index in [-0.39, 0.29) is 6.04 Å². The van der Waals surface area contributed by atoms with Gasteiger partial charge in [0.2, 0.25) is 0 Å². The quantitative estimate of drug-likeness (QED) is 0.833. The van der Waals surface area contributed by atoms with Gasteiger partial charge in [-0.2, -0.15) is 11.8 Å². The molecule has 15 heavy (non-hydrogen) atoms. The largest absolute Gasteiger partial charge is 0.490 e. The molecule has 2 rings (SSSR count). The summed E-state index contributed by atoms with van der Waals surface area (Å²) in [6.07, 6.45) is 4.92. The van der Waals surface area contributed by atoms with E-state index in [0.717, 1.165) is 11.5 Å². The van der Waals surface area contributed by atoms with Gasteiger partial charge >= 0.3 is 0 Å². The Hall–Kier alpha value is -0.670. The van der Waals surface area contributed by atoms with Crippen LogP contribution >= 0.6 is 11.8 Å². The number of benzene rings is 1. The average molecular weight is 223 g/mol. The lowest BCUT2D eigenvalue weighted by Crippen LogP contribution is -2.12. The molecule has 0 spiro atoms. The van der Waals surface area contributed by atoms with Crippen LogP contribution in [0.4, 0.5) is 0 Å². The monoisotopic (exact) mass is 223 g/mol. The molecule has 1 unspecified atom stereocenters. The summed E-state index contributed by atoms with van der Waals surface area (Å²) in [5, 5.41) is 0. The van der Waals surface area contributed by atoms with E-state index in [9.17, 15) is 0 Å². The van der Waals surface area contributed by atoms with Crippen molar-refractivity contribution in [2.45, 2.75) is 25.0 Å². The lowest BCUT2D eigenvalue weighted by Gasteiger charge is -2.12. The lowest BCUT2D eigenvalue weighted by molar-refractivity contribution is 0.303. The summed E-state index contributed by atoms with van der Waals surface area (Å²) >= 11 is 1.77. The fourth-order valence-corrected chi connectivity index (χ4v) is 2.02. The molecule has 1 saturated carbocycles. The first-order valence-corrected chi connectivity index (χ1v) is 6.70. The van der Waals surface area contributed by atoms with E-state index in [0.29, 0.717) is 6.10 Å². The smallest absolute Gasteiger partial charge is 0.120 e. The minimum atomic E-state index is 0.114. The van der Waals surface area contributed by atoms with Crippen LogP contribution in [0.5, 0.6) is 5.75 Å². The maximum Gasteiger partial charge on any atom is 0.120 e. The Kier molecular flexibility index (Phi) is 3.54. The molecule has 0 saturated heterocycles. The van der Waals surface area contributed by atoms with E-state index in [2.05, 4.69) is 18.4 Å². The number of nitrogens with two attached hydrogens (primary N) is 1. The van der Waals surface area contributed by atoms with E-state index in [1.54, 1.807) is 11.8 Å². The molecule has 1 aromatic rings. The number of rotatable bonds is 5. The van der Waals surface area contributed by atoms with Crippen LogP contribution in [0.2, 0.25) is 0 Å². The zero-order valence-electron chi connectivity index (χ0n) is 8.98. The van der Waals surface area contributed by atoms with E-state index >= 15 is 0 Å².